The molecule has 0 radical (unpaired) electrons. The van der Waals surface area contributed by atoms with Gasteiger partial charge in [-0.1, -0.05) is 46.0 Å². The van der Waals surface area contributed by atoms with Crippen molar-refractivity contribution in [2.45, 2.75) is 26.2 Å². The molecule has 0 amide bonds. The highest BCUT2D eigenvalue weighted by Crippen LogP contribution is 2.11. The fourth-order valence-electron chi connectivity index (χ4n) is 3.05. The van der Waals surface area contributed by atoms with Gasteiger partial charge in [-0.05, 0) is 5.56 Å². The van der Waals surface area contributed by atoms with E-state index in [9.17, 15) is 0 Å². The summed E-state index contributed by atoms with van der Waals surface area (Å²) in [6.07, 6.45) is 5.80. The summed E-state index contributed by atoms with van der Waals surface area (Å²) < 4.78 is 5.26. The van der Waals surface area contributed by atoms with Crippen LogP contribution < -0.4 is 0 Å². The summed E-state index contributed by atoms with van der Waals surface area (Å²) in [6.45, 7) is 2.59. The van der Waals surface area contributed by atoms with Crippen LogP contribution >= 0.6 is 0 Å². The molecule has 0 aliphatic heterocycles. The minimum atomic E-state index is 0.627. The van der Waals surface area contributed by atoms with E-state index in [0.29, 0.717) is 26.2 Å². The molecule has 144 valence electrons. The molecule has 4 aromatic rings. The summed E-state index contributed by atoms with van der Waals surface area (Å²) in [4.78, 5) is 2.20. The van der Waals surface area contributed by atoms with Gasteiger partial charge in [-0.25, -0.2) is 4.68 Å². The zero-order valence-corrected chi connectivity index (χ0v) is 15.9. The summed E-state index contributed by atoms with van der Waals surface area (Å²) in [5.41, 5.74) is 3.87. The molecule has 3 heterocycles. The van der Waals surface area contributed by atoms with Crippen LogP contribution in [-0.2, 0) is 40.3 Å². The van der Waals surface area contributed by atoms with Crippen molar-refractivity contribution in [3.8, 4) is 0 Å². The number of rotatable bonds is 8. The van der Waals surface area contributed by atoms with Crippen molar-refractivity contribution < 1.29 is 0 Å². The second-order valence-electron chi connectivity index (χ2n) is 6.81. The highest BCUT2D eigenvalue weighted by atomic mass is 15.4. The van der Waals surface area contributed by atoms with Crippen LogP contribution in [0.1, 0.15) is 22.6 Å². The fraction of sp³-hybridized carbons (Fsp3) is 0.333. The first kappa shape index (κ1) is 18.0. The predicted octanol–water partition coefficient (Wildman–Crippen LogP) is 0.786. The second kappa shape index (κ2) is 8.09. The van der Waals surface area contributed by atoms with Gasteiger partial charge in [-0.15, -0.1) is 15.3 Å². The summed E-state index contributed by atoms with van der Waals surface area (Å²) in [6, 6.07) is 10.2. The topological polar surface area (TPSA) is 95.4 Å². The molecule has 0 unspecified atom stereocenters. The third kappa shape index (κ3) is 4.65. The van der Waals surface area contributed by atoms with E-state index in [0.717, 1.165) is 17.1 Å². The molecule has 0 saturated heterocycles. The molecule has 3 aromatic heterocycles. The van der Waals surface area contributed by atoms with E-state index in [-0.39, 0.29) is 0 Å². The van der Waals surface area contributed by atoms with E-state index in [1.165, 1.54) is 5.56 Å². The lowest BCUT2D eigenvalue weighted by Crippen LogP contribution is -2.23. The number of nitrogens with zero attached hydrogens (tertiary/aromatic N) is 10. The zero-order valence-electron chi connectivity index (χ0n) is 15.9. The molecule has 4 rings (SSSR count). The average molecular weight is 378 g/mol. The van der Waals surface area contributed by atoms with Crippen LogP contribution in [0, 0.1) is 0 Å². The van der Waals surface area contributed by atoms with Crippen molar-refractivity contribution in [3.05, 3.63) is 71.6 Å². The van der Waals surface area contributed by atoms with Crippen LogP contribution in [0.3, 0.4) is 0 Å². The number of aryl methyl sites for hydroxylation is 2. The Kier molecular flexibility index (Phi) is 5.20. The standard InChI is InChI=1S/C18H22N10/c1-25-9-16(19-22-25)11-27(12-17-10-26(2)23-20-17)13-18-14-28(24-21-18)8-15-6-4-3-5-7-15/h3-7,9-10,14H,8,11-13H2,1-2H3. The van der Waals surface area contributed by atoms with E-state index in [2.05, 4.69) is 48.0 Å². The summed E-state index contributed by atoms with van der Waals surface area (Å²) in [5.74, 6) is 0. The number of aromatic nitrogens is 9. The predicted molar refractivity (Wildman–Crippen MR) is 101 cm³/mol. The Morgan fingerprint density at radius 1 is 0.714 bits per heavy atom. The maximum atomic E-state index is 4.33. The van der Waals surface area contributed by atoms with Gasteiger partial charge in [-0.3, -0.25) is 14.3 Å². The maximum Gasteiger partial charge on any atom is 0.0967 e. The molecule has 10 heteroatoms. The zero-order chi connectivity index (χ0) is 19.3. The van der Waals surface area contributed by atoms with Gasteiger partial charge in [0.25, 0.3) is 0 Å². The van der Waals surface area contributed by atoms with Crippen molar-refractivity contribution in [1.29, 1.82) is 0 Å². The highest BCUT2D eigenvalue weighted by molar-refractivity contribution is 5.15. The van der Waals surface area contributed by atoms with Crippen LogP contribution in [-0.4, -0.2) is 49.9 Å². The van der Waals surface area contributed by atoms with E-state index >= 15 is 0 Å². The molecule has 0 bridgehead atoms. The van der Waals surface area contributed by atoms with E-state index in [1.807, 2.05) is 55.6 Å². The van der Waals surface area contributed by atoms with Crippen molar-refractivity contribution in [1.82, 2.24) is 49.9 Å². The molecule has 28 heavy (non-hydrogen) atoms. The van der Waals surface area contributed by atoms with Crippen LogP contribution in [0.4, 0.5) is 0 Å². The summed E-state index contributed by atoms with van der Waals surface area (Å²) >= 11 is 0. The van der Waals surface area contributed by atoms with Gasteiger partial charge in [-0.2, -0.15) is 0 Å². The van der Waals surface area contributed by atoms with Gasteiger partial charge in [0.05, 0.1) is 29.8 Å². The molecule has 0 N–H and O–H groups in total. The molecule has 0 aliphatic carbocycles. The number of hydrogen-bond acceptors (Lipinski definition) is 7. The molecule has 0 spiro atoms. The minimum absolute atomic E-state index is 0.627. The Morgan fingerprint density at radius 3 is 1.79 bits per heavy atom. The first-order valence-electron chi connectivity index (χ1n) is 9.00. The van der Waals surface area contributed by atoms with E-state index in [1.54, 1.807) is 9.36 Å². The largest absolute Gasteiger partial charge is 0.285 e. The SMILES string of the molecule is Cn1cc(CN(Cc2cn(C)nn2)Cc2cn(Cc3ccccc3)nn2)nn1. The van der Waals surface area contributed by atoms with Crippen LogP contribution in [0.15, 0.2) is 48.9 Å². The third-order valence-electron chi connectivity index (χ3n) is 4.23. The van der Waals surface area contributed by atoms with Crippen molar-refractivity contribution >= 4 is 0 Å². The molecular formula is C18H22N10. The lowest BCUT2D eigenvalue weighted by molar-refractivity contribution is 0.238. The Bertz CT molecular complexity index is 974. The van der Waals surface area contributed by atoms with Crippen molar-refractivity contribution in [3.63, 3.8) is 0 Å². The Morgan fingerprint density at radius 2 is 1.25 bits per heavy atom. The van der Waals surface area contributed by atoms with Gasteiger partial charge in [0.15, 0.2) is 0 Å². The van der Waals surface area contributed by atoms with Crippen LogP contribution in [0.25, 0.3) is 0 Å². The van der Waals surface area contributed by atoms with Crippen LogP contribution in [0.5, 0.6) is 0 Å². The second-order valence-corrected chi connectivity index (χ2v) is 6.81. The summed E-state index contributed by atoms with van der Waals surface area (Å²) in [7, 11) is 3.72. The van der Waals surface area contributed by atoms with Gasteiger partial charge in [0.1, 0.15) is 0 Å². The van der Waals surface area contributed by atoms with E-state index in [4.69, 9.17) is 0 Å². The van der Waals surface area contributed by atoms with Crippen molar-refractivity contribution in [2.24, 2.45) is 14.1 Å². The molecule has 0 atom stereocenters. The third-order valence-corrected chi connectivity index (χ3v) is 4.23. The first-order chi connectivity index (χ1) is 13.6. The van der Waals surface area contributed by atoms with Gasteiger partial charge < -0.3 is 0 Å². The molecule has 10 nitrogen and oxygen atoms in total. The van der Waals surface area contributed by atoms with Gasteiger partial charge in [0.2, 0.25) is 0 Å². The van der Waals surface area contributed by atoms with Gasteiger partial charge in [0, 0.05) is 46.1 Å². The lowest BCUT2D eigenvalue weighted by Gasteiger charge is -2.18. The van der Waals surface area contributed by atoms with E-state index < -0.39 is 0 Å². The molecule has 0 fully saturated rings. The Hall–Kier alpha value is -3.40. The highest BCUT2D eigenvalue weighted by Gasteiger charge is 2.14. The quantitative estimate of drug-likeness (QED) is 0.447. The maximum absolute atomic E-state index is 4.33. The minimum Gasteiger partial charge on any atom is -0.285 e. The lowest BCUT2D eigenvalue weighted by atomic mass is 10.2. The molecule has 0 aliphatic rings. The molecule has 1 aromatic carbocycles. The Balaban J connectivity index is 1.46. The normalized spacial score (nSPS) is 11.4. The Labute approximate surface area is 162 Å². The number of benzene rings is 1. The van der Waals surface area contributed by atoms with Gasteiger partial charge >= 0.3 is 0 Å². The number of hydrogen-bond donors (Lipinski definition) is 0. The summed E-state index contributed by atoms with van der Waals surface area (Å²) in [5, 5.41) is 25.0. The monoisotopic (exact) mass is 378 g/mol. The molecular weight excluding hydrogens is 356 g/mol. The molecule has 0 saturated carbocycles. The smallest absolute Gasteiger partial charge is 0.0967 e. The van der Waals surface area contributed by atoms with Crippen LogP contribution in [0.2, 0.25) is 0 Å². The fourth-order valence-corrected chi connectivity index (χ4v) is 3.05. The first-order valence-corrected chi connectivity index (χ1v) is 9.00. The van der Waals surface area contributed by atoms with Crippen molar-refractivity contribution in [2.75, 3.05) is 0 Å². The average Bonchev–Trinajstić information content (AvgIpc) is 3.39.